The molecule has 0 bridgehead atoms. The summed E-state index contributed by atoms with van der Waals surface area (Å²) in [7, 11) is 3.02. The van der Waals surface area contributed by atoms with Gasteiger partial charge in [-0.05, 0) is 30.5 Å². The molecule has 2 aliphatic heterocycles. The monoisotopic (exact) mass is 628 g/mol. The second-order valence-corrected chi connectivity index (χ2v) is 12.6. The number of carbonyl (C=O) groups is 6. The fourth-order valence-electron chi connectivity index (χ4n) is 4.77. The molecule has 12 nitrogen and oxygen atoms in total. The summed E-state index contributed by atoms with van der Waals surface area (Å²) < 4.78 is 5.27. The Morgan fingerprint density at radius 3 is 2.56 bits per heavy atom. The van der Waals surface area contributed by atoms with Crippen LogP contribution in [0.3, 0.4) is 0 Å². The van der Waals surface area contributed by atoms with Gasteiger partial charge >= 0.3 is 12.1 Å². The third kappa shape index (κ3) is 8.97. The number of nitrogens with zero attached hydrogens (tertiary/aromatic N) is 2. The first kappa shape index (κ1) is 31.9. The number of carboxylic acid groups (broad SMARTS) is 1. The Hall–Kier alpha value is -4.04. The minimum Gasteiger partial charge on any atom is -0.480 e. The van der Waals surface area contributed by atoms with E-state index in [-0.39, 0.29) is 63.2 Å². The Morgan fingerprint density at radius 2 is 1.81 bits per heavy atom. The van der Waals surface area contributed by atoms with Crippen molar-refractivity contribution in [3.05, 3.63) is 65.2 Å². The van der Waals surface area contributed by atoms with Crippen LogP contribution in [0.1, 0.15) is 47.2 Å². The van der Waals surface area contributed by atoms with Gasteiger partial charge in [-0.3, -0.25) is 34.6 Å². The van der Waals surface area contributed by atoms with E-state index >= 15 is 0 Å². The van der Waals surface area contributed by atoms with Crippen LogP contribution in [0.15, 0.2) is 48.5 Å². The third-order valence-electron chi connectivity index (χ3n) is 6.82. The van der Waals surface area contributed by atoms with Gasteiger partial charge in [-0.15, -0.1) is 0 Å². The summed E-state index contributed by atoms with van der Waals surface area (Å²) >= 11 is 0. The summed E-state index contributed by atoms with van der Waals surface area (Å²) in [5.41, 5.74) is 2.25. The van der Waals surface area contributed by atoms with Crippen LogP contribution in [0.5, 0.6) is 0 Å². The zero-order chi connectivity index (χ0) is 30.8. The minimum atomic E-state index is -1.06. The zero-order valence-corrected chi connectivity index (χ0v) is 24.9. The summed E-state index contributed by atoms with van der Waals surface area (Å²) in [5.74, 6) is -1.29. The van der Waals surface area contributed by atoms with Crippen LogP contribution >= 0.6 is 21.6 Å². The molecule has 228 valence electrons. The number of hydrogen-bond donors (Lipinski definition) is 3. The molecule has 1 atom stereocenters. The zero-order valence-electron chi connectivity index (χ0n) is 23.3. The highest BCUT2D eigenvalue weighted by Gasteiger charge is 2.40. The van der Waals surface area contributed by atoms with Gasteiger partial charge in [-0.1, -0.05) is 58.0 Å². The molecule has 0 saturated carbocycles. The number of ether oxygens (including phenoxy) is 1. The maximum absolute atomic E-state index is 12.9. The van der Waals surface area contributed by atoms with Gasteiger partial charge in [0.15, 0.2) is 0 Å². The lowest BCUT2D eigenvalue weighted by Gasteiger charge is -2.29. The van der Waals surface area contributed by atoms with Crippen molar-refractivity contribution in [2.24, 2.45) is 0 Å². The molecule has 2 aliphatic rings. The van der Waals surface area contributed by atoms with Crippen LogP contribution in [-0.2, 0) is 37.0 Å². The molecule has 14 heteroatoms. The number of fused-ring (bicyclic) bond motifs is 1. The number of anilines is 1. The Kier molecular flexibility index (Phi) is 11.4. The molecule has 2 aromatic rings. The highest BCUT2D eigenvalue weighted by molar-refractivity contribution is 8.76. The van der Waals surface area contributed by atoms with E-state index in [1.165, 1.54) is 31.4 Å². The molecule has 3 N–H and O–H groups in total. The predicted molar refractivity (Wildman–Crippen MR) is 161 cm³/mol. The van der Waals surface area contributed by atoms with Crippen LogP contribution in [0, 0.1) is 0 Å². The van der Waals surface area contributed by atoms with Crippen molar-refractivity contribution < 1.29 is 38.6 Å². The Bertz CT molecular complexity index is 1370. The number of aliphatic carboxylic acids is 1. The molecule has 2 aromatic carbocycles. The Labute approximate surface area is 256 Å². The molecule has 0 aromatic heterocycles. The number of rotatable bonds is 14. The topological polar surface area (TPSA) is 162 Å². The quantitative estimate of drug-likeness (QED) is 0.161. The summed E-state index contributed by atoms with van der Waals surface area (Å²) in [6.07, 6.45) is 0.545. The first-order valence-corrected chi connectivity index (χ1v) is 16.2. The molecular formula is C29H32N4O8S2. The Balaban J connectivity index is 1.14. The van der Waals surface area contributed by atoms with E-state index < -0.39 is 24.0 Å². The maximum Gasteiger partial charge on any atom is 0.411 e. The SMILES string of the molecule is O=C(O)CN(Cc1ccccc1)C(=O)CCCSSCCOC(=O)Nc1cccc2c1CN(C1CCC(=O)NC1=O)C2=O. The van der Waals surface area contributed by atoms with Gasteiger partial charge in [0, 0.05) is 54.3 Å². The molecule has 0 aliphatic carbocycles. The van der Waals surface area contributed by atoms with E-state index in [4.69, 9.17) is 4.74 Å². The van der Waals surface area contributed by atoms with E-state index in [0.717, 1.165) is 5.56 Å². The number of imide groups is 1. The normalized spacial score (nSPS) is 16.0. The van der Waals surface area contributed by atoms with E-state index in [9.17, 15) is 33.9 Å². The number of amides is 5. The number of hydrogen-bond acceptors (Lipinski definition) is 9. The van der Waals surface area contributed by atoms with Gasteiger partial charge in [0.05, 0.1) is 0 Å². The highest BCUT2D eigenvalue weighted by Crippen LogP contribution is 2.32. The van der Waals surface area contributed by atoms with Crippen molar-refractivity contribution in [3.8, 4) is 0 Å². The molecule has 1 unspecified atom stereocenters. The molecular weight excluding hydrogens is 596 g/mol. The van der Waals surface area contributed by atoms with Gasteiger partial charge in [-0.2, -0.15) is 0 Å². The fourth-order valence-corrected chi connectivity index (χ4v) is 6.69. The smallest absolute Gasteiger partial charge is 0.411 e. The molecule has 43 heavy (non-hydrogen) atoms. The van der Waals surface area contributed by atoms with Gasteiger partial charge in [0.25, 0.3) is 5.91 Å². The number of carbonyl (C=O) groups excluding carboxylic acids is 5. The molecule has 5 amide bonds. The second-order valence-electron chi connectivity index (χ2n) is 9.87. The number of carboxylic acids is 1. The van der Waals surface area contributed by atoms with Crippen LogP contribution in [-0.4, -0.2) is 81.3 Å². The fraction of sp³-hybridized carbons (Fsp3) is 0.379. The van der Waals surface area contributed by atoms with Crippen LogP contribution in [0.2, 0.25) is 0 Å². The molecule has 1 saturated heterocycles. The van der Waals surface area contributed by atoms with Gasteiger partial charge in [-0.25, -0.2) is 4.79 Å². The molecule has 0 radical (unpaired) electrons. The van der Waals surface area contributed by atoms with Gasteiger partial charge in [0.2, 0.25) is 17.7 Å². The standard InChI is InChI=1S/C29H32N4O8S2/c34-24-12-11-23(27(38)31-24)33-17-21-20(28(33)39)8-4-9-22(21)30-29(40)41-13-15-43-42-14-5-10-25(35)32(18-26(36)37)16-19-6-2-1-3-7-19/h1-4,6-9,23H,5,10-18H2,(H,30,40)(H,36,37)(H,31,34,38). The first-order chi connectivity index (χ1) is 20.7. The number of piperidine rings is 1. The van der Waals surface area contributed by atoms with Crippen LogP contribution in [0.25, 0.3) is 0 Å². The highest BCUT2D eigenvalue weighted by atomic mass is 33.1. The van der Waals surface area contributed by atoms with Crippen molar-refractivity contribution >= 4 is 63.0 Å². The Morgan fingerprint density at radius 1 is 1.05 bits per heavy atom. The average Bonchev–Trinajstić information content (AvgIpc) is 3.31. The van der Waals surface area contributed by atoms with E-state index in [0.29, 0.717) is 34.7 Å². The van der Waals surface area contributed by atoms with Crippen LogP contribution < -0.4 is 10.6 Å². The first-order valence-electron chi connectivity index (χ1n) is 13.7. The number of benzene rings is 2. The van der Waals surface area contributed by atoms with E-state index in [2.05, 4.69) is 10.6 Å². The van der Waals surface area contributed by atoms with Crippen molar-refractivity contribution in [2.45, 2.75) is 44.8 Å². The second kappa shape index (κ2) is 15.4. The molecule has 2 heterocycles. The lowest BCUT2D eigenvalue weighted by molar-refractivity contribution is -0.144. The summed E-state index contributed by atoms with van der Waals surface area (Å²) in [5, 5.41) is 14.1. The van der Waals surface area contributed by atoms with Crippen molar-refractivity contribution in [3.63, 3.8) is 0 Å². The van der Waals surface area contributed by atoms with Crippen molar-refractivity contribution in [2.75, 3.05) is 30.0 Å². The van der Waals surface area contributed by atoms with Gasteiger partial charge < -0.3 is 19.6 Å². The van der Waals surface area contributed by atoms with Gasteiger partial charge in [0.1, 0.15) is 19.2 Å². The van der Waals surface area contributed by atoms with Crippen molar-refractivity contribution in [1.82, 2.24) is 15.1 Å². The lowest BCUT2D eigenvalue weighted by Crippen LogP contribution is -2.52. The number of nitrogens with one attached hydrogen (secondary N) is 2. The van der Waals surface area contributed by atoms with E-state index in [1.807, 2.05) is 30.3 Å². The third-order valence-corrected chi connectivity index (χ3v) is 9.27. The average molecular weight is 629 g/mol. The molecule has 1 fully saturated rings. The van der Waals surface area contributed by atoms with E-state index in [1.54, 1.807) is 18.2 Å². The largest absolute Gasteiger partial charge is 0.480 e. The van der Waals surface area contributed by atoms with Crippen LogP contribution in [0.4, 0.5) is 10.5 Å². The summed E-state index contributed by atoms with van der Waals surface area (Å²) in [6, 6.07) is 13.4. The lowest BCUT2D eigenvalue weighted by atomic mass is 10.0. The summed E-state index contributed by atoms with van der Waals surface area (Å²) in [6.45, 7) is 0.164. The minimum absolute atomic E-state index is 0.131. The predicted octanol–water partition coefficient (Wildman–Crippen LogP) is 3.27. The molecule has 0 spiro atoms. The maximum atomic E-state index is 12.9. The molecule has 4 rings (SSSR count). The summed E-state index contributed by atoms with van der Waals surface area (Å²) in [4.78, 5) is 75.7. The van der Waals surface area contributed by atoms with Crippen molar-refractivity contribution in [1.29, 1.82) is 0 Å².